The van der Waals surface area contributed by atoms with Gasteiger partial charge >= 0.3 is 5.97 Å². The maximum absolute atomic E-state index is 10.2. The van der Waals surface area contributed by atoms with Gasteiger partial charge in [-0.15, -0.1) is 0 Å². The van der Waals surface area contributed by atoms with E-state index in [0.717, 1.165) is 38.8 Å². The lowest BCUT2D eigenvalue weighted by molar-refractivity contribution is -0.137. The Bertz CT molecular complexity index is 139. The minimum absolute atomic E-state index is 0.248. The van der Waals surface area contributed by atoms with Gasteiger partial charge in [-0.2, -0.15) is 0 Å². The summed E-state index contributed by atoms with van der Waals surface area (Å²) in [4.78, 5) is 10.2. The van der Waals surface area contributed by atoms with E-state index in [0.29, 0.717) is 6.42 Å². The highest BCUT2D eigenvalue weighted by Crippen LogP contribution is 1.97. The van der Waals surface area contributed by atoms with Gasteiger partial charge in [0.2, 0.25) is 0 Å². The summed E-state index contributed by atoms with van der Waals surface area (Å²) in [5, 5.41) is 20.1. The summed E-state index contributed by atoms with van der Waals surface area (Å²) in [6.07, 6.45) is 5.15. The number of aliphatic hydroxyl groups excluding tert-OH is 1. The molecule has 0 aromatic carbocycles. The van der Waals surface area contributed by atoms with Crippen LogP contribution in [0.3, 0.4) is 0 Å². The molecular formula is C10H21NO3. The Balaban J connectivity index is 2.88. The van der Waals surface area contributed by atoms with Gasteiger partial charge in [0.25, 0.3) is 0 Å². The van der Waals surface area contributed by atoms with Crippen LogP contribution in [0, 0.1) is 0 Å². The number of carboxylic acids is 1. The lowest BCUT2D eigenvalue weighted by Crippen LogP contribution is -2.17. The SMILES string of the molecule is O=C(O)CCCNCCCCCCO. The molecule has 0 rings (SSSR count). The molecule has 0 unspecified atom stereocenters. The summed E-state index contributed by atoms with van der Waals surface area (Å²) in [5.74, 6) is -0.727. The zero-order valence-corrected chi connectivity index (χ0v) is 8.67. The molecule has 0 spiro atoms. The first-order valence-electron chi connectivity index (χ1n) is 5.30. The first-order valence-corrected chi connectivity index (χ1v) is 5.30. The monoisotopic (exact) mass is 203 g/mol. The predicted molar refractivity (Wildman–Crippen MR) is 55.3 cm³/mol. The number of unbranched alkanes of at least 4 members (excludes halogenated alkanes) is 3. The molecule has 4 nitrogen and oxygen atoms in total. The van der Waals surface area contributed by atoms with E-state index in [-0.39, 0.29) is 13.0 Å². The van der Waals surface area contributed by atoms with Gasteiger partial charge in [0, 0.05) is 13.0 Å². The van der Waals surface area contributed by atoms with Crippen molar-refractivity contribution in [1.29, 1.82) is 0 Å². The molecule has 3 N–H and O–H groups in total. The van der Waals surface area contributed by atoms with Gasteiger partial charge < -0.3 is 15.5 Å². The van der Waals surface area contributed by atoms with Crippen molar-refractivity contribution in [2.24, 2.45) is 0 Å². The quantitative estimate of drug-likeness (QED) is 0.463. The third kappa shape index (κ3) is 11.4. The van der Waals surface area contributed by atoms with Crippen molar-refractivity contribution < 1.29 is 15.0 Å². The van der Waals surface area contributed by atoms with Gasteiger partial charge in [-0.05, 0) is 32.4 Å². The Labute approximate surface area is 85.3 Å². The second-order valence-electron chi connectivity index (χ2n) is 3.39. The highest BCUT2D eigenvalue weighted by molar-refractivity contribution is 5.66. The molecule has 0 fully saturated rings. The second-order valence-corrected chi connectivity index (χ2v) is 3.39. The van der Waals surface area contributed by atoms with E-state index in [1.807, 2.05) is 0 Å². The molecule has 0 heterocycles. The molecule has 0 bridgehead atoms. The molecule has 0 atom stereocenters. The summed E-state index contributed by atoms with van der Waals surface area (Å²) < 4.78 is 0. The highest BCUT2D eigenvalue weighted by Gasteiger charge is 1.95. The van der Waals surface area contributed by atoms with E-state index in [2.05, 4.69) is 5.32 Å². The van der Waals surface area contributed by atoms with Crippen molar-refractivity contribution in [3.8, 4) is 0 Å². The van der Waals surface area contributed by atoms with Crippen LogP contribution in [0.4, 0.5) is 0 Å². The van der Waals surface area contributed by atoms with Crippen molar-refractivity contribution in [2.75, 3.05) is 19.7 Å². The van der Waals surface area contributed by atoms with E-state index in [1.54, 1.807) is 0 Å². The van der Waals surface area contributed by atoms with Crippen molar-refractivity contribution in [3.05, 3.63) is 0 Å². The van der Waals surface area contributed by atoms with Crippen LogP contribution in [0.25, 0.3) is 0 Å². The third-order valence-corrected chi connectivity index (χ3v) is 2.01. The van der Waals surface area contributed by atoms with Crippen LogP contribution in [0.15, 0.2) is 0 Å². The van der Waals surface area contributed by atoms with Crippen molar-refractivity contribution in [3.63, 3.8) is 0 Å². The normalized spacial score (nSPS) is 10.4. The van der Waals surface area contributed by atoms with E-state index in [1.165, 1.54) is 0 Å². The standard InChI is InChI=1S/C10H21NO3/c12-9-4-2-1-3-7-11-8-5-6-10(13)14/h11-12H,1-9H2,(H,13,14). The lowest BCUT2D eigenvalue weighted by atomic mass is 10.2. The minimum atomic E-state index is -0.727. The number of carbonyl (C=O) groups is 1. The number of hydrogen-bond acceptors (Lipinski definition) is 3. The zero-order chi connectivity index (χ0) is 10.6. The largest absolute Gasteiger partial charge is 0.481 e. The fraction of sp³-hybridized carbons (Fsp3) is 0.900. The van der Waals surface area contributed by atoms with Crippen LogP contribution in [-0.4, -0.2) is 35.9 Å². The number of aliphatic hydroxyl groups is 1. The minimum Gasteiger partial charge on any atom is -0.481 e. The van der Waals surface area contributed by atoms with Gasteiger partial charge in [-0.25, -0.2) is 0 Å². The molecule has 0 aliphatic heterocycles. The second kappa shape index (κ2) is 10.5. The summed E-state index contributed by atoms with van der Waals surface area (Å²) in [5.41, 5.74) is 0. The first kappa shape index (κ1) is 13.4. The maximum Gasteiger partial charge on any atom is 0.303 e. The number of hydrogen-bond donors (Lipinski definition) is 3. The molecule has 0 aliphatic rings. The Morgan fingerprint density at radius 2 is 1.64 bits per heavy atom. The molecule has 84 valence electrons. The van der Waals surface area contributed by atoms with Crippen LogP contribution in [0.5, 0.6) is 0 Å². The summed E-state index contributed by atoms with van der Waals surface area (Å²) in [6, 6.07) is 0. The van der Waals surface area contributed by atoms with Crippen molar-refractivity contribution >= 4 is 5.97 Å². The predicted octanol–water partition coefficient (Wildman–Crippen LogP) is 0.993. The third-order valence-electron chi connectivity index (χ3n) is 2.01. The number of carboxylic acid groups (broad SMARTS) is 1. The van der Waals surface area contributed by atoms with Crippen LogP contribution in [0.1, 0.15) is 38.5 Å². The molecule has 0 amide bonds. The van der Waals surface area contributed by atoms with Crippen LogP contribution in [0.2, 0.25) is 0 Å². The van der Waals surface area contributed by atoms with Gasteiger partial charge in [0.05, 0.1) is 0 Å². The van der Waals surface area contributed by atoms with Crippen LogP contribution >= 0.6 is 0 Å². The van der Waals surface area contributed by atoms with E-state index in [9.17, 15) is 4.79 Å². The van der Waals surface area contributed by atoms with Gasteiger partial charge in [-0.3, -0.25) is 4.79 Å². The van der Waals surface area contributed by atoms with E-state index < -0.39 is 5.97 Å². The molecule has 0 aliphatic carbocycles. The Kier molecular flexibility index (Phi) is 10.0. The number of aliphatic carboxylic acids is 1. The van der Waals surface area contributed by atoms with Crippen LogP contribution in [-0.2, 0) is 4.79 Å². The molecule has 0 aromatic rings. The average Bonchev–Trinajstić information content (AvgIpc) is 2.15. The Morgan fingerprint density at radius 1 is 1.00 bits per heavy atom. The maximum atomic E-state index is 10.2. The zero-order valence-electron chi connectivity index (χ0n) is 8.67. The van der Waals surface area contributed by atoms with E-state index >= 15 is 0 Å². The van der Waals surface area contributed by atoms with Gasteiger partial charge in [0.15, 0.2) is 0 Å². The molecule has 0 radical (unpaired) electrons. The Hall–Kier alpha value is -0.610. The Morgan fingerprint density at radius 3 is 2.29 bits per heavy atom. The summed E-state index contributed by atoms with van der Waals surface area (Å²) in [6.45, 7) is 2.02. The summed E-state index contributed by atoms with van der Waals surface area (Å²) >= 11 is 0. The lowest BCUT2D eigenvalue weighted by Gasteiger charge is -2.02. The fourth-order valence-corrected chi connectivity index (χ4v) is 1.20. The molecular weight excluding hydrogens is 182 g/mol. The molecule has 0 aromatic heterocycles. The van der Waals surface area contributed by atoms with Crippen molar-refractivity contribution in [2.45, 2.75) is 38.5 Å². The van der Waals surface area contributed by atoms with Crippen molar-refractivity contribution in [1.82, 2.24) is 5.32 Å². The molecule has 0 saturated heterocycles. The van der Waals surface area contributed by atoms with Gasteiger partial charge in [-0.1, -0.05) is 12.8 Å². The van der Waals surface area contributed by atoms with E-state index in [4.69, 9.17) is 10.2 Å². The molecule has 4 heteroatoms. The number of nitrogens with one attached hydrogen (secondary N) is 1. The molecule has 14 heavy (non-hydrogen) atoms. The molecule has 0 saturated carbocycles. The first-order chi connectivity index (χ1) is 6.77. The van der Waals surface area contributed by atoms with Gasteiger partial charge in [0.1, 0.15) is 0 Å². The topological polar surface area (TPSA) is 69.6 Å². The smallest absolute Gasteiger partial charge is 0.303 e. The number of rotatable bonds is 10. The van der Waals surface area contributed by atoms with Crippen LogP contribution < -0.4 is 5.32 Å². The highest BCUT2D eigenvalue weighted by atomic mass is 16.4. The average molecular weight is 203 g/mol. The fourth-order valence-electron chi connectivity index (χ4n) is 1.20. The summed E-state index contributed by atoms with van der Waals surface area (Å²) in [7, 11) is 0.